The third-order valence-corrected chi connectivity index (χ3v) is 13.4. The molecular formula is C54H103N3O7. The summed E-state index contributed by atoms with van der Waals surface area (Å²) in [5.41, 5.74) is 0.470. The van der Waals surface area contributed by atoms with Gasteiger partial charge in [0.2, 0.25) is 0 Å². The summed E-state index contributed by atoms with van der Waals surface area (Å²) in [6, 6.07) is 0. The van der Waals surface area contributed by atoms with E-state index in [0.29, 0.717) is 37.7 Å². The first-order chi connectivity index (χ1) is 31.4. The van der Waals surface area contributed by atoms with Gasteiger partial charge in [-0.1, -0.05) is 227 Å². The number of nitrogens with zero attached hydrogens (tertiary/aromatic N) is 2. The van der Waals surface area contributed by atoms with Crippen LogP contribution < -0.4 is 21.1 Å². The highest BCUT2D eigenvalue weighted by Crippen LogP contribution is 2.26. The van der Waals surface area contributed by atoms with Crippen molar-refractivity contribution in [3.05, 3.63) is 20.4 Å². The summed E-state index contributed by atoms with van der Waals surface area (Å²) in [4.78, 5) is 46.3. The molecule has 1 aliphatic rings. The van der Waals surface area contributed by atoms with E-state index in [1.54, 1.807) is 0 Å². The molecule has 0 saturated carbocycles. The minimum absolute atomic E-state index is 0.250. The lowest BCUT2D eigenvalue weighted by Crippen LogP contribution is -2.47. The molecule has 0 radical (unpaired) electrons. The Hall–Kier alpha value is -2.46. The lowest BCUT2D eigenvalue weighted by Gasteiger charge is -2.31. The molecule has 10 nitrogen and oxygen atoms in total. The summed E-state index contributed by atoms with van der Waals surface area (Å²) < 4.78 is 5.47. The summed E-state index contributed by atoms with van der Waals surface area (Å²) >= 11 is 0. The van der Waals surface area contributed by atoms with Gasteiger partial charge in [0.15, 0.2) is 0 Å². The normalized spacial score (nSPS) is 13.1. The molecule has 0 aliphatic carbocycles. The predicted molar refractivity (Wildman–Crippen MR) is 273 cm³/mol. The van der Waals surface area contributed by atoms with Crippen molar-refractivity contribution in [1.82, 2.24) is 4.90 Å². The van der Waals surface area contributed by atoms with Gasteiger partial charge >= 0.3 is 0 Å². The second-order valence-electron chi connectivity index (χ2n) is 18.9. The molecule has 1 heterocycles. The molecule has 0 amide bonds. The first-order valence-corrected chi connectivity index (χ1v) is 27.2. The fraction of sp³-hybridized carbons (Fsp3) is 0.889. The highest BCUT2D eigenvalue weighted by atomic mass is 16.5. The van der Waals surface area contributed by atoms with E-state index in [-0.39, 0.29) is 23.8 Å². The Kier molecular flexibility index (Phi) is 45.2. The molecule has 10 heteroatoms. The maximum atomic E-state index is 12.5. The van der Waals surface area contributed by atoms with Crippen LogP contribution in [0.1, 0.15) is 246 Å². The molecule has 1 unspecified atom stereocenters. The zero-order valence-electron chi connectivity index (χ0n) is 42.3. The van der Waals surface area contributed by atoms with E-state index in [0.717, 1.165) is 31.3 Å². The Morgan fingerprint density at radius 3 is 1.25 bits per heavy atom. The van der Waals surface area contributed by atoms with E-state index in [2.05, 4.69) is 37.9 Å². The van der Waals surface area contributed by atoms with Crippen LogP contribution in [0.5, 0.6) is 0 Å². The molecule has 3 N–H and O–H groups in total. The molecule has 0 spiro atoms. The van der Waals surface area contributed by atoms with E-state index in [9.17, 15) is 9.59 Å². The molecule has 1 saturated heterocycles. The van der Waals surface area contributed by atoms with Gasteiger partial charge in [0.1, 0.15) is 11.4 Å². The molecule has 1 aliphatic heterocycles. The van der Waals surface area contributed by atoms with Crippen molar-refractivity contribution in [1.29, 1.82) is 0 Å². The number of morpholine rings is 1. The molecule has 0 bridgehead atoms. The van der Waals surface area contributed by atoms with Gasteiger partial charge in [0.25, 0.3) is 23.8 Å². The second-order valence-corrected chi connectivity index (χ2v) is 18.9. The van der Waals surface area contributed by atoms with Gasteiger partial charge in [-0.15, -0.1) is 0 Å². The smallest absolute Gasteiger partial charge is 0.290 e. The standard InChI is InChI=1S/C52H99N3O3.2CH2O2/c1-5-9-12-15-19-27-36-48(37-28-20-16-13-10-6-2)38-29-22-18-24-31-41-54(40-30-23-17-21-26-35-47(33-8-4)34-25-14-11-7-3)42-32-39-53-49-50(52(57)51(49)56)55-43-45-58-46-44-55;2*2-1-3/h47-48,53H,5-46H2,1-4H3;2*1H,(H,2,3). The molecule has 1 atom stereocenters. The Balaban J connectivity index is 0.00000624. The van der Waals surface area contributed by atoms with E-state index < -0.39 is 0 Å². The number of hydrogen-bond acceptors (Lipinski definition) is 8. The van der Waals surface area contributed by atoms with Crippen molar-refractivity contribution in [2.75, 3.05) is 62.7 Å². The molecular weight excluding hydrogens is 803 g/mol. The van der Waals surface area contributed by atoms with Gasteiger partial charge in [-0.2, -0.15) is 0 Å². The molecule has 1 fully saturated rings. The van der Waals surface area contributed by atoms with Gasteiger partial charge in [0, 0.05) is 19.6 Å². The largest absolute Gasteiger partial charge is 0.483 e. The Morgan fingerprint density at radius 2 is 0.844 bits per heavy atom. The molecule has 1 aromatic carbocycles. The van der Waals surface area contributed by atoms with Crippen LogP contribution >= 0.6 is 0 Å². The SMILES string of the molecule is CCCCCCCCC(CCCCCCCC)CCCCCCCN(CCCCCCCC(CCC)CCCCCC)CCCNc1c(N2CCOCC2)c(=O)c1=O.O=CO.O=CO. The number of unbranched alkanes of at least 4 members (excludes halogenated alkanes) is 21. The van der Waals surface area contributed by atoms with E-state index in [1.165, 1.54) is 225 Å². The van der Waals surface area contributed by atoms with Gasteiger partial charge in [-0.05, 0) is 50.7 Å². The zero-order chi connectivity index (χ0) is 47.1. The van der Waals surface area contributed by atoms with Crippen LogP contribution in [0.3, 0.4) is 0 Å². The van der Waals surface area contributed by atoms with Crippen LogP contribution in [0.2, 0.25) is 0 Å². The van der Waals surface area contributed by atoms with Crippen LogP contribution in [0.25, 0.3) is 0 Å². The second kappa shape index (κ2) is 47.0. The molecule has 64 heavy (non-hydrogen) atoms. The third-order valence-electron chi connectivity index (χ3n) is 13.4. The topological polar surface area (TPSA) is 136 Å². The summed E-state index contributed by atoms with van der Waals surface area (Å²) in [5, 5.41) is 17.2. The van der Waals surface area contributed by atoms with Crippen LogP contribution in [-0.4, -0.2) is 80.5 Å². The number of nitrogens with one attached hydrogen (secondary N) is 1. The number of carbonyl (C=O) groups is 2. The molecule has 0 aromatic heterocycles. The highest BCUT2D eigenvalue weighted by molar-refractivity contribution is 5.75. The van der Waals surface area contributed by atoms with Crippen LogP contribution in [-0.2, 0) is 14.3 Å². The minimum Gasteiger partial charge on any atom is -0.483 e. The zero-order valence-corrected chi connectivity index (χ0v) is 42.3. The lowest BCUT2D eigenvalue weighted by atomic mass is 9.89. The predicted octanol–water partition coefficient (Wildman–Crippen LogP) is 13.8. The summed E-state index contributed by atoms with van der Waals surface area (Å²) in [6.45, 7) is 15.6. The maximum absolute atomic E-state index is 12.5. The Morgan fingerprint density at radius 1 is 0.500 bits per heavy atom. The number of carboxylic acid groups (broad SMARTS) is 2. The average molecular weight is 906 g/mol. The van der Waals surface area contributed by atoms with E-state index >= 15 is 0 Å². The van der Waals surface area contributed by atoms with Crippen LogP contribution in [0, 0.1) is 11.8 Å². The highest BCUT2D eigenvalue weighted by Gasteiger charge is 2.27. The summed E-state index contributed by atoms with van der Waals surface area (Å²) in [5.74, 6) is 1.92. The Labute approximate surface area is 393 Å². The first-order valence-electron chi connectivity index (χ1n) is 27.2. The minimum atomic E-state index is -0.341. The first kappa shape index (κ1) is 61.5. The lowest BCUT2D eigenvalue weighted by molar-refractivity contribution is -0.123. The van der Waals surface area contributed by atoms with Gasteiger partial charge < -0.3 is 30.1 Å². The molecule has 1 aromatic rings. The monoisotopic (exact) mass is 906 g/mol. The Bertz CT molecular complexity index is 1190. The number of ether oxygens (including phenoxy) is 1. The van der Waals surface area contributed by atoms with E-state index in [4.69, 9.17) is 24.5 Å². The van der Waals surface area contributed by atoms with Crippen LogP contribution in [0.15, 0.2) is 9.59 Å². The summed E-state index contributed by atoms with van der Waals surface area (Å²) in [6.07, 6.45) is 47.4. The molecule has 376 valence electrons. The summed E-state index contributed by atoms with van der Waals surface area (Å²) in [7, 11) is 0. The third kappa shape index (κ3) is 33.9. The van der Waals surface area contributed by atoms with Crippen molar-refractivity contribution in [2.45, 2.75) is 246 Å². The number of hydrogen-bond donors (Lipinski definition) is 3. The fourth-order valence-electron chi connectivity index (χ4n) is 9.64. The van der Waals surface area contributed by atoms with Gasteiger partial charge in [-0.25, -0.2) is 0 Å². The fourth-order valence-corrected chi connectivity index (χ4v) is 9.64. The van der Waals surface area contributed by atoms with Crippen molar-refractivity contribution >= 4 is 24.3 Å². The van der Waals surface area contributed by atoms with Gasteiger partial charge in [0.05, 0.1) is 13.2 Å². The van der Waals surface area contributed by atoms with Crippen molar-refractivity contribution in [2.24, 2.45) is 11.8 Å². The molecule has 2 rings (SSSR count). The maximum Gasteiger partial charge on any atom is 0.290 e. The van der Waals surface area contributed by atoms with Gasteiger partial charge in [-0.3, -0.25) is 19.2 Å². The quantitative estimate of drug-likeness (QED) is 0.0330. The van der Waals surface area contributed by atoms with Crippen LogP contribution in [0.4, 0.5) is 11.4 Å². The number of anilines is 2. The van der Waals surface area contributed by atoms with Crippen molar-refractivity contribution < 1.29 is 24.5 Å². The number of rotatable bonds is 43. The van der Waals surface area contributed by atoms with Crippen molar-refractivity contribution in [3.63, 3.8) is 0 Å². The van der Waals surface area contributed by atoms with Crippen molar-refractivity contribution in [3.8, 4) is 0 Å². The van der Waals surface area contributed by atoms with E-state index in [1.807, 2.05) is 4.90 Å². The average Bonchev–Trinajstić information content (AvgIpc) is 3.30.